The summed E-state index contributed by atoms with van der Waals surface area (Å²) in [6.45, 7) is 6.88. The monoisotopic (exact) mass is 286 g/mol. The Morgan fingerprint density at radius 2 is 1.79 bits per heavy atom. The van der Waals surface area contributed by atoms with Crippen LogP contribution in [0.15, 0.2) is 18.2 Å². The number of aromatic nitrogens is 1. The molecule has 7 heteroatoms. The zero-order valence-corrected chi connectivity index (χ0v) is 12.6. The molecule has 1 aromatic heterocycles. The van der Waals surface area contributed by atoms with Gasteiger partial charge < -0.3 is 10.6 Å². The van der Waals surface area contributed by atoms with Gasteiger partial charge in [0.05, 0.1) is 6.26 Å². The van der Waals surface area contributed by atoms with Crippen molar-refractivity contribution in [1.29, 1.82) is 0 Å². The highest BCUT2D eigenvalue weighted by Crippen LogP contribution is 2.11. The standard InChI is InChI=1S/C12H22N4O2S/c1-5-13-10-7-6-8-11(15-10)14-9-12(2,3)16-19(4,17)18/h6-8,16H,5,9H2,1-4H3,(H2,13,14,15). The van der Waals surface area contributed by atoms with Gasteiger partial charge in [-0.3, -0.25) is 0 Å². The molecule has 0 unspecified atom stereocenters. The molecular formula is C12H22N4O2S. The van der Waals surface area contributed by atoms with Crippen molar-refractivity contribution >= 4 is 21.7 Å². The first-order valence-corrected chi connectivity index (χ1v) is 8.05. The number of pyridine rings is 1. The first-order chi connectivity index (χ1) is 8.72. The van der Waals surface area contributed by atoms with Crippen molar-refractivity contribution in [2.24, 2.45) is 0 Å². The molecule has 3 N–H and O–H groups in total. The summed E-state index contributed by atoms with van der Waals surface area (Å²) < 4.78 is 25.0. The van der Waals surface area contributed by atoms with E-state index in [4.69, 9.17) is 0 Å². The fraction of sp³-hybridized carbons (Fsp3) is 0.583. The van der Waals surface area contributed by atoms with Gasteiger partial charge in [0.15, 0.2) is 0 Å². The molecule has 0 aliphatic heterocycles. The van der Waals surface area contributed by atoms with Crippen LogP contribution in [-0.2, 0) is 10.0 Å². The molecule has 0 aliphatic carbocycles. The second kappa shape index (κ2) is 6.21. The van der Waals surface area contributed by atoms with Gasteiger partial charge in [-0.05, 0) is 32.9 Å². The molecule has 1 aromatic rings. The predicted molar refractivity (Wildman–Crippen MR) is 78.9 cm³/mol. The molecule has 0 saturated carbocycles. The maximum absolute atomic E-state index is 11.2. The molecule has 1 rings (SSSR count). The molecule has 0 bridgehead atoms. The minimum atomic E-state index is -3.23. The molecule has 0 amide bonds. The van der Waals surface area contributed by atoms with Gasteiger partial charge in [0, 0.05) is 18.6 Å². The molecule has 0 saturated heterocycles. The van der Waals surface area contributed by atoms with E-state index in [0.29, 0.717) is 12.4 Å². The minimum absolute atomic E-state index is 0.447. The summed E-state index contributed by atoms with van der Waals surface area (Å²) >= 11 is 0. The van der Waals surface area contributed by atoms with Crippen LogP contribution in [0.5, 0.6) is 0 Å². The largest absolute Gasteiger partial charge is 0.370 e. The lowest BCUT2D eigenvalue weighted by molar-refractivity contribution is 0.476. The Kier molecular flexibility index (Phi) is 5.13. The maximum atomic E-state index is 11.2. The second-order valence-electron chi connectivity index (χ2n) is 5.05. The Morgan fingerprint density at radius 3 is 2.32 bits per heavy atom. The summed E-state index contributed by atoms with van der Waals surface area (Å²) in [5.74, 6) is 1.50. The van der Waals surface area contributed by atoms with Crippen molar-refractivity contribution in [1.82, 2.24) is 9.71 Å². The number of nitrogens with one attached hydrogen (secondary N) is 3. The Labute approximate surface area is 115 Å². The van der Waals surface area contributed by atoms with Crippen molar-refractivity contribution in [3.8, 4) is 0 Å². The van der Waals surface area contributed by atoms with E-state index < -0.39 is 15.6 Å². The minimum Gasteiger partial charge on any atom is -0.370 e. The maximum Gasteiger partial charge on any atom is 0.209 e. The highest BCUT2D eigenvalue weighted by molar-refractivity contribution is 7.88. The SMILES string of the molecule is CCNc1cccc(NCC(C)(C)NS(C)(=O)=O)n1. The molecule has 0 aromatic carbocycles. The lowest BCUT2D eigenvalue weighted by Crippen LogP contribution is -2.47. The average molecular weight is 286 g/mol. The molecule has 19 heavy (non-hydrogen) atoms. The zero-order chi connectivity index (χ0) is 14.5. The van der Waals surface area contributed by atoms with Crippen LogP contribution in [0.25, 0.3) is 0 Å². The number of nitrogens with zero attached hydrogens (tertiary/aromatic N) is 1. The van der Waals surface area contributed by atoms with E-state index in [2.05, 4.69) is 20.3 Å². The van der Waals surface area contributed by atoms with Gasteiger partial charge in [-0.2, -0.15) is 0 Å². The third kappa shape index (κ3) is 6.40. The normalized spacial score (nSPS) is 12.2. The third-order valence-corrected chi connectivity index (χ3v) is 3.20. The Bertz CT molecular complexity index is 514. The summed E-state index contributed by atoms with van der Waals surface area (Å²) in [5.41, 5.74) is -0.580. The lowest BCUT2D eigenvalue weighted by Gasteiger charge is -2.25. The molecule has 0 spiro atoms. The fourth-order valence-corrected chi connectivity index (χ4v) is 2.74. The third-order valence-electron chi connectivity index (χ3n) is 2.28. The van der Waals surface area contributed by atoms with Crippen LogP contribution >= 0.6 is 0 Å². The van der Waals surface area contributed by atoms with Gasteiger partial charge in [-0.25, -0.2) is 18.1 Å². The van der Waals surface area contributed by atoms with E-state index in [0.717, 1.165) is 18.6 Å². The summed E-state index contributed by atoms with van der Waals surface area (Å²) in [6, 6.07) is 5.62. The van der Waals surface area contributed by atoms with Crippen molar-refractivity contribution in [3.63, 3.8) is 0 Å². The average Bonchev–Trinajstić information content (AvgIpc) is 2.24. The van der Waals surface area contributed by atoms with Crippen LogP contribution in [0.1, 0.15) is 20.8 Å². The van der Waals surface area contributed by atoms with Crippen molar-refractivity contribution in [2.75, 3.05) is 30.0 Å². The molecule has 0 radical (unpaired) electrons. The van der Waals surface area contributed by atoms with Crippen LogP contribution < -0.4 is 15.4 Å². The first kappa shape index (κ1) is 15.7. The van der Waals surface area contributed by atoms with Crippen molar-refractivity contribution in [3.05, 3.63) is 18.2 Å². The van der Waals surface area contributed by atoms with Gasteiger partial charge in [-0.15, -0.1) is 0 Å². The van der Waals surface area contributed by atoms with Crippen molar-refractivity contribution in [2.45, 2.75) is 26.3 Å². The van der Waals surface area contributed by atoms with Gasteiger partial charge >= 0.3 is 0 Å². The van der Waals surface area contributed by atoms with Crippen LogP contribution in [0.2, 0.25) is 0 Å². The number of anilines is 2. The van der Waals surface area contributed by atoms with E-state index in [1.54, 1.807) is 0 Å². The quantitative estimate of drug-likeness (QED) is 0.703. The highest BCUT2D eigenvalue weighted by atomic mass is 32.2. The Hall–Kier alpha value is -1.34. The van der Waals surface area contributed by atoms with Crippen LogP contribution in [0, 0.1) is 0 Å². The molecule has 0 atom stereocenters. The smallest absolute Gasteiger partial charge is 0.209 e. The summed E-state index contributed by atoms with van der Waals surface area (Å²) in [6.07, 6.45) is 1.15. The molecule has 108 valence electrons. The number of sulfonamides is 1. The second-order valence-corrected chi connectivity index (χ2v) is 6.80. The molecular weight excluding hydrogens is 264 g/mol. The topological polar surface area (TPSA) is 83.1 Å². The summed E-state index contributed by atoms with van der Waals surface area (Å²) in [4.78, 5) is 4.36. The molecule has 0 fully saturated rings. The zero-order valence-electron chi connectivity index (χ0n) is 11.8. The Morgan fingerprint density at radius 1 is 1.21 bits per heavy atom. The van der Waals surface area contributed by atoms with Gasteiger partial charge in [0.25, 0.3) is 0 Å². The van der Waals surface area contributed by atoms with E-state index >= 15 is 0 Å². The summed E-state index contributed by atoms with van der Waals surface area (Å²) in [7, 11) is -3.23. The summed E-state index contributed by atoms with van der Waals surface area (Å²) in [5, 5.41) is 6.25. The Balaban J connectivity index is 2.63. The van der Waals surface area contributed by atoms with E-state index in [1.165, 1.54) is 0 Å². The van der Waals surface area contributed by atoms with Gasteiger partial charge in [0.1, 0.15) is 11.6 Å². The van der Waals surface area contributed by atoms with Gasteiger partial charge in [-0.1, -0.05) is 6.07 Å². The van der Waals surface area contributed by atoms with E-state index in [9.17, 15) is 8.42 Å². The van der Waals surface area contributed by atoms with E-state index in [-0.39, 0.29) is 0 Å². The molecule has 1 heterocycles. The number of hydrogen-bond donors (Lipinski definition) is 3. The fourth-order valence-electron chi connectivity index (χ4n) is 1.66. The molecule has 0 aliphatic rings. The lowest BCUT2D eigenvalue weighted by atomic mass is 10.1. The van der Waals surface area contributed by atoms with Crippen LogP contribution in [0.4, 0.5) is 11.6 Å². The number of hydrogen-bond acceptors (Lipinski definition) is 5. The highest BCUT2D eigenvalue weighted by Gasteiger charge is 2.21. The van der Waals surface area contributed by atoms with Gasteiger partial charge in [0.2, 0.25) is 10.0 Å². The first-order valence-electron chi connectivity index (χ1n) is 6.15. The number of rotatable bonds is 7. The van der Waals surface area contributed by atoms with E-state index in [1.807, 2.05) is 39.0 Å². The van der Waals surface area contributed by atoms with Crippen LogP contribution in [-0.4, -0.2) is 38.3 Å². The van der Waals surface area contributed by atoms with Crippen molar-refractivity contribution < 1.29 is 8.42 Å². The molecule has 6 nitrogen and oxygen atoms in total. The van der Waals surface area contributed by atoms with Crippen LogP contribution in [0.3, 0.4) is 0 Å². The predicted octanol–water partition coefficient (Wildman–Crippen LogP) is 1.25.